The topological polar surface area (TPSA) is 64.2 Å². The lowest BCUT2D eigenvalue weighted by Gasteiger charge is -2.16. The Morgan fingerprint density at radius 3 is 2.77 bits per heavy atom. The molecule has 128 valence electrons. The van der Waals surface area contributed by atoms with Crippen molar-refractivity contribution in [1.29, 1.82) is 0 Å². The van der Waals surface area contributed by atoms with Crippen LogP contribution in [0.25, 0.3) is 11.3 Å². The van der Waals surface area contributed by atoms with Gasteiger partial charge in [0.05, 0.1) is 24.3 Å². The molecule has 4 aromatic rings. The fraction of sp³-hybridized carbons (Fsp3) is 0.150. The molecule has 6 heteroatoms. The standard InChI is InChI=1S/C20H17N5O/c26-19-11-16(14-4-6-15(7-5-14)24-10-8-21-13-24)20-17(12-22-19)23-18-3-1-2-9-25(18)20/h1-10,13,16H,11-12H2,(H,22,26). The molecule has 0 aliphatic carbocycles. The molecular weight excluding hydrogens is 326 g/mol. The van der Waals surface area contributed by atoms with E-state index in [9.17, 15) is 4.79 Å². The highest BCUT2D eigenvalue weighted by Crippen LogP contribution is 2.33. The Bertz CT molecular complexity index is 1080. The summed E-state index contributed by atoms with van der Waals surface area (Å²) in [5, 5.41) is 2.97. The number of imidazole rings is 2. The van der Waals surface area contributed by atoms with Crippen LogP contribution in [0.1, 0.15) is 29.3 Å². The predicted molar refractivity (Wildman–Crippen MR) is 97.1 cm³/mol. The monoisotopic (exact) mass is 343 g/mol. The van der Waals surface area contributed by atoms with E-state index in [-0.39, 0.29) is 11.8 Å². The van der Waals surface area contributed by atoms with Crippen molar-refractivity contribution in [3.05, 3.63) is 84.3 Å². The molecule has 6 nitrogen and oxygen atoms in total. The number of hydrogen-bond acceptors (Lipinski definition) is 3. The van der Waals surface area contributed by atoms with Gasteiger partial charge in [0.15, 0.2) is 0 Å². The number of aromatic nitrogens is 4. The zero-order valence-corrected chi connectivity index (χ0v) is 14.0. The van der Waals surface area contributed by atoms with E-state index in [1.54, 1.807) is 12.5 Å². The lowest BCUT2D eigenvalue weighted by molar-refractivity contribution is -0.121. The van der Waals surface area contributed by atoms with E-state index in [0.29, 0.717) is 13.0 Å². The number of rotatable bonds is 2. The molecule has 0 bridgehead atoms. The third kappa shape index (κ3) is 2.38. The van der Waals surface area contributed by atoms with Crippen molar-refractivity contribution >= 4 is 11.6 Å². The zero-order chi connectivity index (χ0) is 17.5. The smallest absolute Gasteiger partial charge is 0.221 e. The zero-order valence-electron chi connectivity index (χ0n) is 14.0. The average molecular weight is 343 g/mol. The summed E-state index contributed by atoms with van der Waals surface area (Å²) in [6, 6.07) is 14.3. The third-order valence-electron chi connectivity index (χ3n) is 4.91. The first-order valence-electron chi connectivity index (χ1n) is 8.60. The van der Waals surface area contributed by atoms with E-state index in [4.69, 9.17) is 4.98 Å². The lowest BCUT2D eigenvalue weighted by Crippen LogP contribution is -2.21. The van der Waals surface area contributed by atoms with Gasteiger partial charge in [0.25, 0.3) is 0 Å². The maximum absolute atomic E-state index is 12.3. The first kappa shape index (κ1) is 14.9. The number of nitrogens with zero attached hydrogens (tertiary/aromatic N) is 4. The molecule has 3 aromatic heterocycles. The summed E-state index contributed by atoms with van der Waals surface area (Å²) in [6.07, 6.45) is 7.88. The van der Waals surface area contributed by atoms with Gasteiger partial charge in [-0.05, 0) is 29.8 Å². The number of amides is 1. The van der Waals surface area contributed by atoms with E-state index in [1.807, 2.05) is 35.2 Å². The van der Waals surface area contributed by atoms with Crippen molar-refractivity contribution in [1.82, 2.24) is 24.3 Å². The van der Waals surface area contributed by atoms with Gasteiger partial charge in [-0.25, -0.2) is 9.97 Å². The summed E-state index contributed by atoms with van der Waals surface area (Å²) in [6.45, 7) is 0.472. The number of carbonyl (C=O) groups is 1. The number of pyridine rings is 1. The molecule has 1 aliphatic rings. The maximum atomic E-state index is 12.3. The van der Waals surface area contributed by atoms with Gasteiger partial charge in [0, 0.05) is 36.6 Å². The molecule has 5 rings (SSSR count). The van der Waals surface area contributed by atoms with Crippen molar-refractivity contribution in [2.24, 2.45) is 0 Å². The molecule has 0 spiro atoms. The molecule has 0 radical (unpaired) electrons. The Kier molecular flexibility index (Phi) is 3.35. The quantitative estimate of drug-likeness (QED) is 0.609. The van der Waals surface area contributed by atoms with Crippen molar-refractivity contribution in [2.75, 3.05) is 0 Å². The summed E-state index contributed by atoms with van der Waals surface area (Å²) in [5.74, 6) is 0.0260. The molecule has 0 fully saturated rings. The van der Waals surface area contributed by atoms with Crippen LogP contribution < -0.4 is 5.32 Å². The number of benzene rings is 1. The van der Waals surface area contributed by atoms with E-state index in [1.165, 1.54) is 0 Å². The first-order chi connectivity index (χ1) is 12.8. The van der Waals surface area contributed by atoms with Crippen molar-refractivity contribution in [3.63, 3.8) is 0 Å². The van der Waals surface area contributed by atoms with Gasteiger partial charge in [0.1, 0.15) is 5.65 Å². The van der Waals surface area contributed by atoms with E-state index >= 15 is 0 Å². The van der Waals surface area contributed by atoms with Crippen LogP contribution >= 0.6 is 0 Å². The second kappa shape index (κ2) is 5.84. The summed E-state index contributed by atoms with van der Waals surface area (Å²) < 4.78 is 4.06. The first-order valence-corrected chi connectivity index (χ1v) is 8.60. The minimum Gasteiger partial charge on any atom is -0.350 e. The summed E-state index contributed by atoms with van der Waals surface area (Å²) in [5.41, 5.74) is 5.09. The van der Waals surface area contributed by atoms with Crippen LogP contribution in [-0.2, 0) is 11.3 Å². The van der Waals surface area contributed by atoms with Gasteiger partial charge in [-0.15, -0.1) is 0 Å². The Hall–Kier alpha value is -3.41. The number of nitrogens with one attached hydrogen (secondary N) is 1. The highest BCUT2D eigenvalue weighted by Gasteiger charge is 2.28. The molecule has 1 N–H and O–H groups in total. The van der Waals surface area contributed by atoms with Crippen LogP contribution in [0.15, 0.2) is 67.4 Å². The summed E-state index contributed by atoms with van der Waals surface area (Å²) in [7, 11) is 0. The SMILES string of the molecule is O=C1CC(c2ccc(-n3ccnc3)cc2)c2c(nc3ccccn23)CN1. The van der Waals surface area contributed by atoms with Gasteiger partial charge < -0.3 is 14.3 Å². The van der Waals surface area contributed by atoms with Gasteiger partial charge >= 0.3 is 0 Å². The highest BCUT2D eigenvalue weighted by atomic mass is 16.1. The van der Waals surface area contributed by atoms with E-state index in [2.05, 4.69) is 39.0 Å². The summed E-state index contributed by atoms with van der Waals surface area (Å²) in [4.78, 5) is 21.1. The van der Waals surface area contributed by atoms with Crippen LogP contribution in [0.5, 0.6) is 0 Å². The Morgan fingerprint density at radius 1 is 1.08 bits per heavy atom. The molecule has 26 heavy (non-hydrogen) atoms. The second-order valence-electron chi connectivity index (χ2n) is 6.47. The second-order valence-corrected chi connectivity index (χ2v) is 6.47. The number of hydrogen-bond donors (Lipinski definition) is 1. The van der Waals surface area contributed by atoms with Crippen LogP contribution in [-0.4, -0.2) is 24.8 Å². The fourth-order valence-corrected chi connectivity index (χ4v) is 3.67. The maximum Gasteiger partial charge on any atom is 0.221 e. The molecule has 0 saturated heterocycles. The molecule has 1 aromatic carbocycles. The Balaban J connectivity index is 1.62. The molecule has 4 heterocycles. The van der Waals surface area contributed by atoms with Crippen LogP contribution in [0, 0.1) is 0 Å². The summed E-state index contributed by atoms with van der Waals surface area (Å²) >= 11 is 0. The molecule has 0 saturated carbocycles. The average Bonchev–Trinajstić information content (AvgIpc) is 3.29. The Labute approximate surface area is 150 Å². The normalized spacial score (nSPS) is 16.9. The predicted octanol–water partition coefficient (Wildman–Crippen LogP) is 2.67. The van der Waals surface area contributed by atoms with Gasteiger partial charge in [-0.3, -0.25) is 4.79 Å². The van der Waals surface area contributed by atoms with Crippen LogP contribution in [0.4, 0.5) is 0 Å². The molecule has 1 aliphatic heterocycles. The van der Waals surface area contributed by atoms with Gasteiger partial charge in [-0.1, -0.05) is 18.2 Å². The molecule has 1 unspecified atom stereocenters. The van der Waals surface area contributed by atoms with Crippen LogP contribution in [0.3, 0.4) is 0 Å². The fourth-order valence-electron chi connectivity index (χ4n) is 3.67. The largest absolute Gasteiger partial charge is 0.350 e. The van der Waals surface area contributed by atoms with Crippen molar-refractivity contribution in [2.45, 2.75) is 18.9 Å². The number of carbonyl (C=O) groups excluding carboxylic acids is 1. The minimum atomic E-state index is -0.0262. The van der Waals surface area contributed by atoms with E-state index in [0.717, 1.165) is 28.3 Å². The van der Waals surface area contributed by atoms with Gasteiger partial charge in [-0.2, -0.15) is 0 Å². The molecule has 1 atom stereocenters. The third-order valence-corrected chi connectivity index (χ3v) is 4.91. The van der Waals surface area contributed by atoms with Gasteiger partial charge in [0.2, 0.25) is 5.91 Å². The number of fused-ring (bicyclic) bond motifs is 3. The Morgan fingerprint density at radius 2 is 1.96 bits per heavy atom. The molecule has 1 amide bonds. The van der Waals surface area contributed by atoms with Crippen LogP contribution in [0.2, 0.25) is 0 Å². The minimum absolute atomic E-state index is 0.0262. The molecular formula is C20H17N5O. The van der Waals surface area contributed by atoms with Crippen molar-refractivity contribution in [3.8, 4) is 5.69 Å². The van der Waals surface area contributed by atoms with E-state index < -0.39 is 0 Å². The highest BCUT2D eigenvalue weighted by molar-refractivity contribution is 5.78. The lowest BCUT2D eigenvalue weighted by atomic mass is 9.91. The van der Waals surface area contributed by atoms with Crippen molar-refractivity contribution < 1.29 is 4.79 Å².